The van der Waals surface area contributed by atoms with Gasteiger partial charge in [-0.2, -0.15) is 0 Å². The Morgan fingerprint density at radius 3 is 2.79 bits per heavy atom. The molecule has 10 heteroatoms. The van der Waals surface area contributed by atoms with Crippen LogP contribution in [0.4, 0.5) is 11.4 Å². The predicted octanol–water partition coefficient (Wildman–Crippen LogP) is 0.300. The van der Waals surface area contributed by atoms with Crippen molar-refractivity contribution in [1.82, 2.24) is 5.32 Å². The van der Waals surface area contributed by atoms with E-state index in [9.17, 15) is 24.5 Å². The maximum absolute atomic E-state index is 12.0. The maximum Gasteiger partial charge on any atom is 0.331 e. The van der Waals surface area contributed by atoms with E-state index in [1.54, 1.807) is 6.92 Å². The monoisotopic (exact) mass is 337 g/mol. The number of nitro groups is 1. The molecule has 1 aromatic carbocycles. The van der Waals surface area contributed by atoms with E-state index in [1.807, 2.05) is 0 Å². The number of hydrogen-bond acceptors (Lipinski definition) is 7. The number of nitrogens with one attached hydrogen (secondary N) is 1. The molecule has 2 rings (SSSR count). The Labute approximate surface area is 136 Å². The van der Waals surface area contributed by atoms with Gasteiger partial charge in [0.05, 0.1) is 23.2 Å². The van der Waals surface area contributed by atoms with Gasteiger partial charge in [0.25, 0.3) is 5.69 Å². The molecule has 0 spiro atoms. The van der Waals surface area contributed by atoms with Gasteiger partial charge in [-0.3, -0.25) is 14.9 Å². The van der Waals surface area contributed by atoms with Crippen molar-refractivity contribution in [3.63, 3.8) is 0 Å². The Balaban J connectivity index is 2.17. The van der Waals surface area contributed by atoms with Crippen LogP contribution in [-0.2, 0) is 14.4 Å². The van der Waals surface area contributed by atoms with E-state index in [-0.39, 0.29) is 30.9 Å². The molecule has 0 radical (unpaired) electrons. The number of esters is 1. The normalized spacial score (nSPS) is 14.4. The van der Waals surface area contributed by atoms with Crippen LogP contribution in [0, 0.1) is 10.1 Å². The number of rotatable bonds is 6. The number of carboxylic acids is 1. The van der Waals surface area contributed by atoms with Crippen LogP contribution in [0.5, 0.6) is 5.75 Å². The Morgan fingerprint density at radius 2 is 2.21 bits per heavy atom. The predicted molar refractivity (Wildman–Crippen MR) is 80.8 cm³/mol. The van der Waals surface area contributed by atoms with Crippen LogP contribution in [0.2, 0.25) is 0 Å². The summed E-state index contributed by atoms with van der Waals surface area (Å²) in [5, 5.41) is 22.1. The van der Waals surface area contributed by atoms with Gasteiger partial charge in [0.1, 0.15) is 12.6 Å². The zero-order valence-electron chi connectivity index (χ0n) is 12.7. The number of carboxylic acid groups (broad SMARTS) is 1. The second kappa shape index (κ2) is 6.94. The molecule has 24 heavy (non-hydrogen) atoms. The van der Waals surface area contributed by atoms with Crippen LogP contribution in [0.3, 0.4) is 0 Å². The van der Waals surface area contributed by atoms with Crippen LogP contribution in [0.15, 0.2) is 18.2 Å². The van der Waals surface area contributed by atoms with Gasteiger partial charge < -0.3 is 20.1 Å². The Hall–Kier alpha value is -3.17. The summed E-state index contributed by atoms with van der Waals surface area (Å²) in [6, 6.07) is 2.69. The number of carbonyl (C=O) groups excluding carboxylic acids is 2. The van der Waals surface area contributed by atoms with Crippen molar-refractivity contribution < 1.29 is 29.2 Å². The van der Waals surface area contributed by atoms with Gasteiger partial charge >= 0.3 is 11.9 Å². The van der Waals surface area contributed by atoms with Gasteiger partial charge in [0.2, 0.25) is 5.91 Å². The molecule has 0 aromatic heterocycles. The van der Waals surface area contributed by atoms with Gasteiger partial charge in [-0.25, -0.2) is 9.59 Å². The molecule has 2 N–H and O–H groups in total. The fraction of sp³-hybridized carbons (Fsp3) is 0.357. The number of benzene rings is 1. The Morgan fingerprint density at radius 1 is 1.50 bits per heavy atom. The second-order valence-electron chi connectivity index (χ2n) is 5.11. The van der Waals surface area contributed by atoms with Crippen molar-refractivity contribution in [2.45, 2.75) is 19.4 Å². The summed E-state index contributed by atoms with van der Waals surface area (Å²) in [5.41, 5.74) is 0.100. The van der Waals surface area contributed by atoms with Crippen LogP contribution in [-0.4, -0.2) is 47.0 Å². The largest absolute Gasteiger partial charge is 0.480 e. The first-order valence-corrected chi connectivity index (χ1v) is 7.08. The summed E-state index contributed by atoms with van der Waals surface area (Å²) in [6.07, 6.45) is 0.214. The third-order valence-electron chi connectivity index (χ3n) is 3.41. The van der Waals surface area contributed by atoms with Crippen molar-refractivity contribution in [1.29, 1.82) is 0 Å². The molecule has 1 atom stereocenters. The molecule has 0 saturated heterocycles. The first-order valence-electron chi connectivity index (χ1n) is 7.08. The van der Waals surface area contributed by atoms with Crippen LogP contribution >= 0.6 is 0 Å². The van der Waals surface area contributed by atoms with E-state index < -0.39 is 28.8 Å². The van der Waals surface area contributed by atoms with Crippen molar-refractivity contribution >= 4 is 29.2 Å². The van der Waals surface area contributed by atoms with E-state index in [2.05, 4.69) is 5.32 Å². The lowest BCUT2D eigenvalue weighted by Gasteiger charge is -2.29. The summed E-state index contributed by atoms with van der Waals surface area (Å²) in [5.74, 6) is -2.41. The van der Waals surface area contributed by atoms with Crippen molar-refractivity contribution in [2.75, 3.05) is 18.0 Å². The number of ether oxygens (including phenoxy) is 1. The minimum Gasteiger partial charge on any atom is -0.480 e. The van der Waals surface area contributed by atoms with Crippen molar-refractivity contribution in [2.24, 2.45) is 0 Å². The topological polar surface area (TPSA) is 139 Å². The Bertz CT molecular complexity index is 704. The highest BCUT2D eigenvalue weighted by Gasteiger charge is 2.28. The first kappa shape index (κ1) is 17.2. The number of fused-ring (bicyclic) bond motifs is 1. The van der Waals surface area contributed by atoms with E-state index in [1.165, 1.54) is 17.0 Å². The number of nitrogens with zero attached hydrogens (tertiary/aromatic N) is 2. The molecule has 0 fully saturated rings. The average molecular weight is 337 g/mol. The smallest absolute Gasteiger partial charge is 0.331 e. The molecule has 128 valence electrons. The minimum atomic E-state index is -1.15. The van der Waals surface area contributed by atoms with E-state index in [0.29, 0.717) is 5.69 Å². The lowest BCUT2D eigenvalue weighted by molar-refractivity contribution is -0.384. The third kappa shape index (κ3) is 3.77. The lowest BCUT2D eigenvalue weighted by Crippen LogP contribution is -2.47. The molecule has 1 amide bonds. The highest BCUT2D eigenvalue weighted by atomic mass is 16.6. The number of non-ortho nitro benzene ring substituents is 1. The molecule has 0 bridgehead atoms. The lowest BCUT2D eigenvalue weighted by atomic mass is 10.2. The number of aliphatic carboxylic acids is 1. The molecule has 0 saturated carbocycles. The quantitative estimate of drug-likeness (QED) is 0.327. The van der Waals surface area contributed by atoms with Crippen molar-refractivity contribution in [3.05, 3.63) is 28.3 Å². The Kier molecular flexibility index (Phi) is 4.97. The van der Waals surface area contributed by atoms with E-state index in [4.69, 9.17) is 9.84 Å². The summed E-state index contributed by atoms with van der Waals surface area (Å²) >= 11 is 0. The molecule has 1 aromatic rings. The summed E-state index contributed by atoms with van der Waals surface area (Å²) < 4.78 is 4.96. The fourth-order valence-corrected chi connectivity index (χ4v) is 2.25. The van der Waals surface area contributed by atoms with Gasteiger partial charge in [0, 0.05) is 6.07 Å². The molecule has 1 aliphatic rings. The van der Waals surface area contributed by atoms with Gasteiger partial charge in [-0.05, 0) is 12.5 Å². The van der Waals surface area contributed by atoms with Crippen molar-refractivity contribution in [3.8, 4) is 5.75 Å². The number of anilines is 1. The van der Waals surface area contributed by atoms with Crippen LogP contribution in [0.1, 0.15) is 13.3 Å². The molecule has 0 aliphatic carbocycles. The van der Waals surface area contributed by atoms with Crippen LogP contribution in [0.25, 0.3) is 0 Å². The molecule has 1 unspecified atom stereocenters. The average Bonchev–Trinajstić information content (AvgIpc) is 2.51. The zero-order valence-corrected chi connectivity index (χ0v) is 12.7. The zero-order chi connectivity index (χ0) is 17.9. The van der Waals surface area contributed by atoms with E-state index >= 15 is 0 Å². The summed E-state index contributed by atoms with van der Waals surface area (Å²) in [7, 11) is 0. The standard InChI is InChI=1S/C14H15N3O7/c1-2-9(14(20)21)15-12(18)6-16-7-13(19)24-11-5-8(17(22)23)3-4-10(11)16/h3-5,9H,2,6-7H2,1H3,(H,15,18)(H,20,21). The molecule has 10 nitrogen and oxygen atoms in total. The highest BCUT2D eigenvalue weighted by molar-refractivity contribution is 5.91. The summed E-state index contributed by atoms with van der Waals surface area (Å²) in [6.45, 7) is 1.12. The molecular formula is C14H15N3O7. The van der Waals surface area contributed by atoms with E-state index in [0.717, 1.165) is 6.07 Å². The SMILES string of the molecule is CCC(NC(=O)CN1CC(=O)Oc2cc([N+](=O)[O-])ccc21)C(=O)O. The summed E-state index contributed by atoms with van der Waals surface area (Å²) in [4.78, 5) is 46.1. The molecule has 1 heterocycles. The third-order valence-corrected chi connectivity index (χ3v) is 3.41. The highest BCUT2D eigenvalue weighted by Crippen LogP contribution is 2.34. The van der Waals surface area contributed by atoms with Crippen LogP contribution < -0.4 is 15.0 Å². The van der Waals surface area contributed by atoms with Gasteiger partial charge in [0.15, 0.2) is 5.75 Å². The number of hydrogen-bond donors (Lipinski definition) is 2. The molecular weight excluding hydrogens is 322 g/mol. The first-order chi connectivity index (χ1) is 11.3. The molecule has 1 aliphatic heterocycles. The number of amides is 1. The second-order valence-corrected chi connectivity index (χ2v) is 5.11. The van der Waals surface area contributed by atoms with Gasteiger partial charge in [-0.15, -0.1) is 0 Å². The minimum absolute atomic E-state index is 0.0153. The van der Waals surface area contributed by atoms with Gasteiger partial charge in [-0.1, -0.05) is 6.92 Å². The maximum atomic E-state index is 12.0. The number of carbonyl (C=O) groups is 3. The number of nitro benzene ring substituents is 1. The fourth-order valence-electron chi connectivity index (χ4n) is 2.25.